The summed E-state index contributed by atoms with van der Waals surface area (Å²) in [4.78, 5) is 33.1. The molecule has 1 aromatic carbocycles. The third-order valence-electron chi connectivity index (χ3n) is 2.70. The van der Waals surface area contributed by atoms with Crippen molar-refractivity contribution in [2.24, 2.45) is 0 Å². The predicted molar refractivity (Wildman–Crippen MR) is 78.3 cm³/mol. The van der Waals surface area contributed by atoms with Crippen LogP contribution >= 0.6 is 11.8 Å². The molecule has 1 unspecified atom stereocenters. The van der Waals surface area contributed by atoms with Crippen molar-refractivity contribution in [3.05, 3.63) is 34.4 Å². The van der Waals surface area contributed by atoms with Crippen molar-refractivity contribution < 1.29 is 19.6 Å². The standard InChI is InChI=1S/C13H16N2O5S/c1-2-9(7-13(17)18)14-12(16)8-21-11-5-3-10(4-6-11)15(19)20/h3-6,9H,2,7-8H2,1H3,(H,14,16)(H,17,18). The highest BCUT2D eigenvalue weighted by atomic mass is 32.2. The molecule has 0 spiro atoms. The molecule has 1 aromatic rings. The van der Waals surface area contributed by atoms with Crippen molar-refractivity contribution in [1.82, 2.24) is 5.32 Å². The molecule has 0 aliphatic carbocycles. The van der Waals surface area contributed by atoms with Crippen LogP contribution in [-0.4, -0.2) is 33.7 Å². The van der Waals surface area contributed by atoms with Gasteiger partial charge in [-0.05, 0) is 18.6 Å². The van der Waals surface area contributed by atoms with Crippen molar-refractivity contribution in [3.8, 4) is 0 Å². The van der Waals surface area contributed by atoms with Crippen LogP contribution in [0.25, 0.3) is 0 Å². The Morgan fingerprint density at radius 2 is 2.00 bits per heavy atom. The number of nitrogens with zero attached hydrogens (tertiary/aromatic N) is 1. The molecule has 2 N–H and O–H groups in total. The Balaban J connectivity index is 2.45. The van der Waals surface area contributed by atoms with E-state index < -0.39 is 10.9 Å². The summed E-state index contributed by atoms with van der Waals surface area (Å²) in [5.41, 5.74) is -0.00342. The number of benzene rings is 1. The molecule has 21 heavy (non-hydrogen) atoms. The molecule has 0 fully saturated rings. The highest BCUT2D eigenvalue weighted by Crippen LogP contribution is 2.21. The average Bonchev–Trinajstić information content (AvgIpc) is 2.44. The zero-order chi connectivity index (χ0) is 15.8. The van der Waals surface area contributed by atoms with Gasteiger partial charge in [0, 0.05) is 23.1 Å². The van der Waals surface area contributed by atoms with E-state index in [4.69, 9.17) is 5.11 Å². The third kappa shape index (κ3) is 6.26. The van der Waals surface area contributed by atoms with Crippen molar-refractivity contribution in [2.45, 2.75) is 30.7 Å². The Morgan fingerprint density at radius 3 is 2.48 bits per heavy atom. The number of carbonyl (C=O) groups is 2. The van der Waals surface area contributed by atoms with Crippen LogP contribution in [0.15, 0.2) is 29.2 Å². The topological polar surface area (TPSA) is 110 Å². The SMILES string of the molecule is CCC(CC(=O)O)NC(=O)CSc1ccc([N+](=O)[O-])cc1. The Kier molecular flexibility index (Phi) is 6.67. The Hall–Kier alpha value is -2.09. The van der Waals surface area contributed by atoms with Gasteiger partial charge in [0.15, 0.2) is 0 Å². The number of aliphatic carboxylic acids is 1. The number of non-ortho nitro benzene ring substituents is 1. The number of amides is 1. The fourth-order valence-corrected chi connectivity index (χ4v) is 2.30. The van der Waals surface area contributed by atoms with Crippen LogP contribution in [0.2, 0.25) is 0 Å². The first-order valence-corrected chi connectivity index (χ1v) is 7.29. The van der Waals surface area contributed by atoms with Crippen LogP contribution in [0.5, 0.6) is 0 Å². The fourth-order valence-electron chi connectivity index (χ4n) is 1.59. The molecule has 7 nitrogen and oxygen atoms in total. The highest BCUT2D eigenvalue weighted by Gasteiger charge is 2.14. The molecule has 1 atom stereocenters. The lowest BCUT2D eigenvalue weighted by molar-refractivity contribution is -0.384. The number of nitro groups is 1. The lowest BCUT2D eigenvalue weighted by atomic mass is 10.1. The molecular weight excluding hydrogens is 296 g/mol. The van der Waals surface area contributed by atoms with Crippen molar-refractivity contribution in [1.29, 1.82) is 0 Å². The van der Waals surface area contributed by atoms with Gasteiger partial charge in [-0.1, -0.05) is 6.92 Å². The van der Waals surface area contributed by atoms with Gasteiger partial charge in [0.2, 0.25) is 5.91 Å². The molecule has 0 saturated heterocycles. The monoisotopic (exact) mass is 312 g/mol. The van der Waals surface area contributed by atoms with E-state index in [1.807, 2.05) is 0 Å². The minimum Gasteiger partial charge on any atom is -0.481 e. The van der Waals surface area contributed by atoms with Gasteiger partial charge in [0.05, 0.1) is 17.1 Å². The molecule has 0 aliphatic rings. The smallest absolute Gasteiger partial charge is 0.305 e. The quantitative estimate of drug-likeness (QED) is 0.432. The van der Waals surface area contributed by atoms with E-state index in [2.05, 4.69) is 5.32 Å². The van der Waals surface area contributed by atoms with Gasteiger partial charge in [-0.15, -0.1) is 11.8 Å². The number of carboxylic acid groups (broad SMARTS) is 1. The third-order valence-corrected chi connectivity index (χ3v) is 3.71. The zero-order valence-electron chi connectivity index (χ0n) is 11.4. The molecular formula is C13H16N2O5S. The van der Waals surface area contributed by atoms with Crippen molar-refractivity contribution in [3.63, 3.8) is 0 Å². The van der Waals surface area contributed by atoms with Crippen LogP contribution in [-0.2, 0) is 9.59 Å². The van der Waals surface area contributed by atoms with Gasteiger partial charge < -0.3 is 10.4 Å². The van der Waals surface area contributed by atoms with Crippen LogP contribution in [0.3, 0.4) is 0 Å². The van der Waals surface area contributed by atoms with E-state index in [-0.39, 0.29) is 29.8 Å². The second-order valence-corrected chi connectivity index (χ2v) is 5.36. The number of thioether (sulfide) groups is 1. The van der Waals surface area contributed by atoms with E-state index in [0.717, 1.165) is 4.90 Å². The average molecular weight is 312 g/mol. The maximum absolute atomic E-state index is 11.7. The summed E-state index contributed by atoms with van der Waals surface area (Å²) in [6.07, 6.45) is 0.435. The number of hydrogen-bond donors (Lipinski definition) is 2. The largest absolute Gasteiger partial charge is 0.481 e. The highest BCUT2D eigenvalue weighted by molar-refractivity contribution is 8.00. The first-order valence-electron chi connectivity index (χ1n) is 6.30. The summed E-state index contributed by atoms with van der Waals surface area (Å²) in [5.74, 6) is -1.08. The number of carboxylic acids is 1. The van der Waals surface area contributed by atoms with E-state index >= 15 is 0 Å². The molecule has 0 saturated carbocycles. The van der Waals surface area contributed by atoms with Gasteiger partial charge in [-0.2, -0.15) is 0 Å². The van der Waals surface area contributed by atoms with E-state index in [1.54, 1.807) is 19.1 Å². The molecule has 114 valence electrons. The fraction of sp³-hybridized carbons (Fsp3) is 0.385. The molecule has 0 radical (unpaired) electrons. The summed E-state index contributed by atoms with van der Waals surface area (Å²) in [7, 11) is 0. The number of nitro benzene ring substituents is 1. The van der Waals surface area contributed by atoms with Crippen molar-refractivity contribution in [2.75, 3.05) is 5.75 Å². The summed E-state index contributed by atoms with van der Waals surface area (Å²) >= 11 is 1.24. The van der Waals surface area contributed by atoms with E-state index in [9.17, 15) is 19.7 Å². The van der Waals surface area contributed by atoms with Crippen LogP contribution in [0, 0.1) is 10.1 Å². The Labute approximate surface area is 125 Å². The van der Waals surface area contributed by atoms with Crippen molar-refractivity contribution >= 4 is 29.3 Å². The summed E-state index contributed by atoms with van der Waals surface area (Å²) in [6.45, 7) is 1.80. The van der Waals surface area contributed by atoms with Crippen LogP contribution < -0.4 is 5.32 Å². The van der Waals surface area contributed by atoms with E-state index in [0.29, 0.717) is 6.42 Å². The van der Waals surface area contributed by atoms with Gasteiger partial charge in [0.25, 0.3) is 5.69 Å². The van der Waals surface area contributed by atoms with Crippen LogP contribution in [0.1, 0.15) is 19.8 Å². The maximum atomic E-state index is 11.7. The number of hydrogen-bond acceptors (Lipinski definition) is 5. The lowest BCUT2D eigenvalue weighted by Gasteiger charge is -2.14. The summed E-state index contributed by atoms with van der Waals surface area (Å²) < 4.78 is 0. The van der Waals surface area contributed by atoms with Gasteiger partial charge in [-0.25, -0.2) is 0 Å². The molecule has 0 bridgehead atoms. The van der Waals surface area contributed by atoms with Gasteiger partial charge >= 0.3 is 5.97 Å². The first-order chi connectivity index (χ1) is 9.92. The molecule has 0 heterocycles. The normalized spacial score (nSPS) is 11.7. The second kappa shape index (κ2) is 8.25. The minimum absolute atomic E-state index is 0.00342. The summed E-state index contributed by atoms with van der Waals surface area (Å²) in [6, 6.07) is 5.52. The number of carbonyl (C=O) groups excluding carboxylic acids is 1. The zero-order valence-corrected chi connectivity index (χ0v) is 12.3. The lowest BCUT2D eigenvalue weighted by Crippen LogP contribution is -2.37. The summed E-state index contributed by atoms with van der Waals surface area (Å²) in [5, 5.41) is 21.9. The molecule has 1 amide bonds. The molecule has 8 heteroatoms. The first kappa shape index (κ1) is 17.0. The second-order valence-electron chi connectivity index (χ2n) is 4.31. The van der Waals surface area contributed by atoms with Gasteiger partial charge in [-0.3, -0.25) is 19.7 Å². The van der Waals surface area contributed by atoms with Crippen LogP contribution in [0.4, 0.5) is 5.69 Å². The number of nitrogens with one attached hydrogen (secondary N) is 1. The minimum atomic E-state index is -0.954. The molecule has 1 rings (SSSR count). The molecule has 0 aromatic heterocycles. The Morgan fingerprint density at radius 1 is 1.38 bits per heavy atom. The molecule has 0 aliphatic heterocycles. The number of rotatable bonds is 8. The predicted octanol–water partition coefficient (Wildman–Crippen LogP) is 2.06. The van der Waals surface area contributed by atoms with Gasteiger partial charge in [0.1, 0.15) is 0 Å². The van der Waals surface area contributed by atoms with E-state index in [1.165, 1.54) is 23.9 Å². The maximum Gasteiger partial charge on any atom is 0.305 e. The Bertz CT molecular complexity index is 518.